The van der Waals surface area contributed by atoms with Gasteiger partial charge in [-0.3, -0.25) is 14.4 Å². The number of fused-ring (bicyclic) bond motifs is 6. The largest absolute Gasteiger partial charge is 0.505 e. The standard InChI is InChI=1S/C28H23ClF3N7O4/c29-17-10-14(28(30,31)32)3-4-18(17)36-20(41)12-38-23-15-11-16(15)27(21(23)24(42)39-26(38)34-13-35-39)5-8-37(9-6-27)25(43)22-19(40)2-1-7-33-22/h1-4,7,10,13,15-16,40H,5-6,8-9,11-12H2,(H,36,41)/t15-,16+/m0/s1. The molecule has 222 valence electrons. The third-order valence-corrected chi connectivity index (χ3v) is 9.19. The molecular weight excluding hydrogens is 591 g/mol. The van der Waals surface area contributed by atoms with Crippen molar-refractivity contribution in [1.29, 1.82) is 0 Å². The fraction of sp³-hybridized carbons (Fsp3) is 0.357. The maximum Gasteiger partial charge on any atom is 0.416 e. The SMILES string of the molecule is O=C(Cn1c2c(c(=O)n3ncnc13)C1(CCN(C(=O)c3ncccc3O)CC1)[C@@H]1C[C@H]21)Nc1ccc(C(F)(F)F)cc1Cl. The number of anilines is 1. The zero-order chi connectivity index (χ0) is 30.3. The van der Waals surface area contributed by atoms with Gasteiger partial charge in [-0.2, -0.15) is 27.8 Å². The summed E-state index contributed by atoms with van der Waals surface area (Å²) in [5.74, 6) is -0.824. The first-order chi connectivity index (χ1) is 20.5. The number of likely N-dealkylation sites (tertiary alicyclic amines) is 1. The molecule has 3 aliphatic rings. The number of nitrogens with zero attached hydrogens (tertiary/aromatic N) is 6. The zero-order valence-corrected chi connectivity index (χ0v) is 23.1. The molecule has 7 rings (SSSR count). The zero-order valence-electron chi connectivity index (χ0n) is 22.3. The first-order valence-electron chi connectivity index (χ1n) is 13.6. The van der Waals surface area contributed by atoms with Crippen LogP contribution in [0.5, 0.6) is 5.75 Å². The van der Waals surface area contributed by atoms with Gasteiger partial charge >= 0.3 is 6.18 Å². The van der Waals surface area contributed by atoms with Crippen molar-refractivity contribution >= 4 is 34.9 Å². The van der Waals surface area contributed by atoms with Crippen molar-refractivity contribution in [1.82, 2.24) is 29.0 Å². The maximum absolute atomic E-state index is 13.8. The Morgan fingerprint density at radius 2 is 1.93 bits per heavy atom. The van der Waals surface area contributed by atoms with Crippen molar-refractivity contribution in [3.8, 4) is 5.75 Å². The molecule has 0 unspecified atom stereocenters. The summed E-state index contributed by atoms with van der Waals surface area (Å²) in [5, 5.41) is 16.5. The molecule has 4 heterocycles. The van der Waals surface area contributed by atoms with Crippen molar-refractivity contribution in [3.05, 3.63) is 80.7 Å². The number of aromatic hydroxyl groups is 1. The third kappa shape index (κ3) is 4.26. The number of aromatic nitrogens is 5. The quantitative estimate of drug-likeness (QED) is 0.359. The molecule has 11 nitrogen and oxygen atoms in total. The maximum atomic E-state index is 13.8. The van der Waals surface area contributed by atoms with E-state index >= 15 is 0 Å². The fourth-order valence-electron chi connectivity index (χ4n) is 6.89. The summed E-state index contributed by atoms with van der Waals surface area (Å²) >= 11 is 6.05. The summed E-state index contributed by atoms with van der Waals surface area (Å²) in [7, 11) is 0. The summed E-state index contributed by atoms with van der Waals surface area (Å²) in [5.41, 5.74) is -0.541. The number of carbonyl (C=O) groups is 2. The Hall–Kier alpha value is -4.46. The van der Waals surface area contributed by atoms with Crippen molar-refractivity contribution in [2.45, 2.75) is 43.3 Å². The van der Waals surface area contributed by atoms with Gasteiger partial charge in [0.25, 0.3) is 11.5 Å². The molecule has 43 heavy (non-hydrogen) atoms. The molecule has 1 spiro atoms. The molecule has 4 aromatic rings. The van der Waals surface area contributed by atoms with Crippen LogP contribution in [0.3, 0.4) is 0 Å². The van der Waals surface area contributed by atoms with Gasteiger partial charge in [0.1, 0.15) is 18.6 Å². The predicted molar refractivity (Wildman–Crippen MR) is 146 cm³/mol. The van der Waals surface area contributed by atoms with Gasteiger partial charge < -0.3 is 19.9 Å². The van der Waals surface area contributed by atoms with Gasteiger partial charge in [-0.05, 0) is 55.5 Å². The van der Waals surface area contributed by atoms with Crippen LogP contribution in [-0.2, 0) is 22.9 Å². The summed E-state index contributed by atoms with van der Waals surface area (Å²) in [6, 6.07) is 5.61. The fourth-order valence-corrected chi connectivity index (χ4v) is 7.12. The number of piperidine rings is 1. The Labute approximate surface area is 245 Å². The van der Waals surface area contributed by atoms with Gasteiger partial charge in [-0.1, -0.05) is 11.6 Å². The van der Waals surface area contributed by atoms with Gasteiger partial charge in [-0.15, -0.1) is 0 Å². The van der Waals surface area contributed by atoms with Crippen LogP contribution in [0.1, 0.15) is 52.5 Å². The summed E-state index contributed by atoms with van der Waals surface area (Å²) in [6.07, 6.45) is -0.106. The number of amides is 2. The molecule has 1 aromatic carbocycles. The first-order valence-corrected chi connectivity index (χ1v) is 13.9. The first kappa shape index (κ1) is 27.4. The van der Waals surface area contributed by atoms with E-state index in [-0.39, 0.29) is 57.8 Å². The highest BCUT2D eigenvalue weighted by Gasteiger charge is 2.64. The van der Waals surface area contributed by atoms with Crippen molar-refractivity contribution in [2.24, 2.45) is 5.92 Å². The molecule has 0 radical (unpaired) electrons. The normalized spacial score (nSPS) is 20.2. The molecule has 2 atom stereocenters. The molecule has 15 heteroatoms. The number of rotatable bonds is 4. The minimum Gasteiger partial charge on any atom is -0.505 e. The van der Waals surface area contributed by atoms with E-state index in [0.717, 1.165) is 29.1 Å². The number of hydrogen-bond donors (Lipinski definition) is 2. The Morgan fingerprint density at radius 3 is 2.63 bits per heavy atom. The predicted octanol–water partition coefficient (Wildman–Crippen LogP) is 3.59. The molecular formula is C28H23ClF3N7O4. The Balaban J connectivity index is 1.19. The summed E-state index contributed by atoms with van der Waals surface area (Å²) in [4.78, 5) is 50.0. The van der Waals surface area contributed by atoms with Crippen LogP contribution in [0.2, 0.25) is 5.02 Å². The van der Waals surface area contributed by atoms with Crippen LogP contribution in [0, 0.1) is 5.92 Å². The number of carbonyl (C=O) groups excluding carboxylic acids is 2. The lowest BCUT2D eigenvalue weighted by Crippen LogP contribution is -2.48. The molecule has 2 N–H and O–H groups in total. The monoisotopic (exact) mass is 613 g/mol. The van der Waals surface area contributed by atoms with E-state index in [4.69, 9.17) is 11.6 Å². The Bertz CT molecular complexity index is 1880. The van der Waals surface area contributed by atoms with E-state index in [0.29, 0.717) is 37.2 Å². The van der Waals surface area contributed by atoms with Crippen molar-refractivity contribution < 1.29 is 27.9 Å². The molecule has 1 saturated carbocycles. The average molecular weight is 614 g/mol. The highest BCUT2D eigenvalue weighted by atomic mass is 35.5. The second kappa shape index (κ2) is 9.53. The number of halogens is 4. The van der Waals surface area contributed by atoms with E-state index < -0.39 is 23.1 Å². The number of nitrogens with one attached hydrogen (secondary N) is 1. The van der Waals surface area contributed by atoms with E-state index in [1.165, 1.54) is 24.7 Å². The third-order valence-electron chi connectivity index (χ3n) is 8.88. The Kier molecular flexibility index (Phi) is 6.06. The van der Waals surface area contributed by atoms with Gasteiger partial charge in [0.05, 0.1) is 16.3 Å². The molecule has 2 fully saturated rings. The van der Waals surface area contributed by atoms with Crippen LogP contribution >= 0.6 is 11.6 Å². The lowest BCUT2D eigenvalue weighted by Gasteiger charge is -2.41. The van der Waals surface area contributed by atoms with Crippen LogP contribution < -0.4 is 10.9 Å². The highest BCUT2D eigenvalue weighted by Crippen LogP contribution is 2.67. The minimum atomic E-state index is -4.58. The van der Waals surface area contributed by atoms with Gasteiger partial charge in [0.15, 0.2) is 5.69 Å². The molecule has 3 aromatic heterocycles. The molecule has 1 aliphatic heterocycles. The average Bonchev–Trinajstić information content (AvgIpc) is 3.52. The van der Waals surface area contributed by atoms with E-state index in [1.807, 2.05) is 0 Å². The smallest absolute Gasteiger partial charge is 0.416 e. The van der Waals surface area contributed by atoms with Crippen molar-refractivity contribution in [2.75, 3.05) is 18.4 Å². The molecule has 0 bridgehead atoms. The van der Waals surface area contributed by atoms with Crippen LogP contribution in [0.25, 0.3) is 5.78 Å². The van der Waals surface area contributed by atoms with Crippen LogP contribution in [-0.4, -0.2) is 59.1 Å². The number of alkyl halides is 3. The summed E-state index contributed by atoms with van der Waals surface area (Å²) < 4.78 is 42.0. The van der Waals surface area contributed by atoms with Crippen LogP contribution in [0.4, 0.5) is 18.9 Å². The summed E-state index contributed by atoms with van der Waals surface area (Å²) in [6.45, 7) is 0.420. The topological polar surface area (TPSA) is 135 Å². The van der Waals surface area contributed by atoms with E-state index in [2.05, 4.69) is 20.4 Å². The van der Waals surface area contributed by atoms with Crippen LogP contribution in [0.15, 0.2) is 47.7 Å². The lowest BCUT2D eigenvalue weighted by molar-refractivity contribution is -0.137. The number of pyridine rings is 1. The second-order valence-corrected chi connectivity index (χ2v) is 11.5. The number of benzene rings is 1. The van der Waals surface area contributed by atoms with Gasteiger partial charge in [0, 0.05) is 41.9 Å². The van der Waals surface area contributed by atoms with Gasteiger partial charge in [0.2, 0.25) is 11.7 Å². The molecule has 1 saturated heterocycles. The number of hydrogen-bond acceptors (Lipinski definition) is 7. The Morgan fingerprint density at radius 1 is 1.16 bits per heavy atom. The van der Waals surface area contributed by atoms with E-state index in [1.54, 1.807) is 9.47 Å². The molecule has 2 amide bonds. The molecule has 2 aliphatic carbocycles. The van der Waals surface area contributed by atoms with Gasteiger partial charge in [-0.25, -0.2) is 4.98 Å². The van der Waals surface area contributed by atoms with Crippen molar-refractivity contribution in [3.63, 3.8) is 0 Å². The van der Waals surface area contributed by atoms with E-state index in [9.17, 15) is 32.7 Å². The second-order valence-electron chi connectivity index (χ2n) is 11.1. The highest BCUT2D eigenvalue weighted by molar-refractivity contribution is 6.33. The lowest BCUT2D eigenvalue weighted by atomic mass is 9.71. The minimum absolute atomic E-state index is 0.00828.